The van der Waals surface area contributed by atoms with Gasteiger partial charge in [0.25, 0.3) is 0 Å². The summed E-state index contributed by atoms with van der Waals surface area (Å²) in [5.41, 5.74) is 0.931. The standard InChI is InChI=1S/C11H12O3/c1-8-6-13-10-4-3-9(12-2)5-11(10)14-7-8/h3-5H,1,6-7H2,2H3. The highest BCUT2D eigenvalue weighted by atomic mass is 16.5. The van der Waals surface area contributed by atoms with E-state index in [4.69, 9.17) is 14.2 Å². The van der Waals surface area contributed by atoms with Crippen LogP contribution in [0.3, 0.4) is 0 Å². The molecule has 1 aliphatic rings. The highest BCUT2D eigenvalue weighted by Crippen LogP contribution is 2.33. The molecule has 0 atom stereocenters. The lowest BCUT2D eigenvalue weighted by Gasteiger charge is -2.07. The normalized spacial score (nSPS) is 14.8. The zero-order chi connectivity index (χ0) is 9.97. The first-order chi connectivity index (χ1) is 6.79. The van der Waals surface area contributed by atoms with E-state index in [0.717, 1.165) is 17.1 Å². The van der Waals surface area contributed by atoms with Gasteiger partial charge in [0.15, 0.2) is 11.5 Å². The maximum atomic E-state index is 5.50. The SMILES string of the molecule is C=C1COc2ccc(OC)cc2OC1. The summed E-state index contributed by atoms with van der Waals surface area (Å²) in [4.78, 5) is 0. The van der Waals surface area contributed by atoms with Crippen LogP contribution in [0.15, 0.2) is 30.4 Å². The first kappa shape index (κ1) is 8.94. The number of ether oxygens (including phenoxy) is 3. The average Bonchev–Trinajstić information content (AvgIpc) is 2.40. The van der Waals surface area contributed by atoms with Gasteiger partial charge in [0.2, 0.25) is 0 Å². The minimum Gasteiger partial charge on any atom is -0.497 e. The quantitative estimate of drug-likeness (QED) is 0.637. The molecule has 1 aliphatic heterocycles. The Kier molecular flexibility index (Phi) is 2.31. The van der Waals surface area contributed by atoms with Crippen molar-refractivity contribution in [1.29, 1.82) is 0 Å². The number of fused-ring (bicyclic) bond motifs is 1. The molecule has 0 aliphatic carbocycles. The van der Waals surface area contributed by atoms with Crippen molar-refractivity contribution in [3.05, 3.63) is 30.4 Å². The second-order valence-electron chi connectivity index (χ2n) is 3.14. The van der Waals surface area contributed by atoms with Crippen molar-refractivity contribution in [3.63, 3.8) is 0 Å². The van der Waals surface area contributed by atoms with E-state index in [1.807, 2.05) is 18.2 Å². The fourth-order valence-corrected chi connectivity index (χ4v) is 1.25. The molecule has 0 saturated heterocycles. The van der Waals surface area contributed by atoms with Crippen LogP contribution in [0.4, 0.5) is 0 Å². The minimum atomic E-state index is 0.500. The average molecular weight is 192 g/mol. The number of hydrogen-bond acceptors (Lipinski definition) is 3. The molecule has 0 amide bonds. The van der Waals surface area contributed by atoms with Crippen molar-refractivity contribution in [2.24, 2.45) is 0 Å². The number of methoxy groups -OCH3 is 1. The van der Waals surface area contributed by atoms with E-state index in [-0.39, 0.29) is 0 Å². The summed E-state index contributed by atoms with van der Waals surface area (Å²) in [5.74, 6) is 2.22. The summed E-state index contributed by atoms with van der Waals surface area (Å²) in [6.45, 7) is 4.83. The molecule has 0 saturated carbocycles. The van der Waals surface area contributed by atoms with Crippen LogP contribution in [0.1, 0.15) is 0 Å². The lowest BCUT2D eigenvalue weighted by molar-refractivity contribution is 0.348. The number of hydrogen-bond donors (Lipinski definition) is 0. The van der Waals surface area contributed by atoms with E-state index in [9.17, 15) is 0 Å². The van der Waals surface area contributed by atoms with Crippen molar-refractivity contribution >= 4 is 0 Å². The maximum Gasteiger partial charge on any atom is 0.165 e. The first-order valence-electron chi connectivity index (χ1n) is 4.40. The van der Waals surface area contributed by atoms with E-state index in [1.165, 1.54) is 0 Å². The summed E-state index contributed by atoms with van der Waals surface area (Å²) in [5, 5.41) is 0. The van der Waals surface area contributed by atoms with Crippen LogP contribution in [-0.4, -0.2) is 20.3 Å². The Hall–Kier alpha value is -1.64. The molecule has 1 heterocycles. The molecule has 74 valence electrons. The van der Waals surface area contributed by atoms with E-state index < -0.39 is 0 Å². The van der Waals surface area contributed by atoms with Crippen molar-refractivity contribution < 1.29 is 14.2 Å². The molecule has 3 nitrogen and oxygen atoms in total. The highest BCUT2D eigenvalue weighted by molar-refractivity contribution is 5.46. The third-order valence-corrected chi connectivity index (χ3v) is 2.01. The second kappa shape index (κ2) is 3.62. The molecular weight excluding hydrogens is 180 g/mol. The van der Waals surface area contributed by atoms with Gasteiger partial charge in [0.1, 0.15) is 19.0 Å². The summed E-state index contributed by atoms with van der Waals surface area (Å²) in [6.07, 6.45) is 0. The Labute approximate surface area is 82.9 Å². The van der Waals surface area contributed by atoms with Crippen LogP contribution in [-0.2, 0) is 0 Å². The van der Waals surface area contributed by atoms with Gasteiger partial charge in [-0.2, -0.15) is 0 Å². The summed E-state index contributed by atoms with van der Waals surface area (Å²) < 4.78 is 16.1. The summed E-state index contributed by atoms with van der Waals surface area (Å²) in [7, 11) is 1.62. The number of rotatable bonds is 1. The smallest absolute Gasteiger partial charge is 0.165 e. The molecule has 2 rings (SSSR count). The Bertz CT molecular complexity index is 358. The van der Waals surface area contributed by atoms with E-state index >= 15 is 0 Å². The first-order valence-corrected chi connectivity index (χ1v) is 4.40. The van der Waals surface area contributed by atoms with Crippen LogP contribution >= 0.6 is 0 Å². The Morgan fingerprint density at radius 1 is 1.21 bits per heavy atom. The molecule has 1 aromatic carbocycles. The Balaban J connectivity index is 2.31. The van der Waals surface area contributed by atoms with Crippen molar-refractivity contribution in [2.75, 3.05) is 20.3 Å². The molecule has 0 N–H and O–H groups in total. The zero-order valence-electron chi connectivity index (χ0n) is 8.08. The second-order valence-corrected chi connectivity index (χ2v) is 3.14. The lowest BCUT2D eigenvalue weighted by Crippen LogP contribution is -2.02. The van der Waals surface area contributed by atoms with Gasteiger partial charge in [0.05, 0.1) is 7.11 Å². The molecule has 0 fully saturated rings. The molecular formula is C11H12O3. The van der Waals surface area contributed by atoms with Gasteiger partial charge < -0.3 is 14.2 Å². The van der Waals surface area contributed by atoms with Gasteiger partial charge in [-0.1, -0.05) is 6.58 Å². The van der Waals surface area contributed by atoms with Crippen molar-refractivity contribution in [2.45, 2.75) is 0 Å². The summed E-state index contributed by atoms with van der Waals surface area (Å²) >= 11 is 0. The van der Waals surface area contributed by atoms with Crippen LogP contribution in [0.25, 0.3) is 0 Å². The van der Waals surface area contributed by atoms with Crippen LogP contribution in [0, 0.1) is 0 Å². The molecule has 0 radical (unpaired) electrons. The molecule has 14 heavy (non-hydrogen) atoms. The van der Waals surface area contributed by atoms with Crippen molar-refractivity contribution in [1.82, 2.24) is 0 Å². The van der Waals surface area contributed by atoms with Crippen LogP contribution in [0.2, 0.25) is 0 Å². The van der Waals surface area contributed by atoms with E-state index in [0.29, 0.717) is 19.0 Å². The topological polar surface area (TPSA) is 27.7 Å². The molecule has 3 heteroatoms. The third kappa shape index (κ3) is 1.66. The maximum absolute atomic E-state index is 5.50. The predicted molar refractivity (Wildman–Crippen MR) is 53.1 cm³/mol. The number of benzene rings is 1. The molecule has 1 aromatic rings. The van der Waals surface area contributed by atoms with Gasteiger partial charge in [-0.3, -0.25) is 0 Å². The van der Waals surface area contributed by atoms with Gasteiger partial charge in [0, 0.05) is 6.07 Å². The van der Waals surface area contributed by atoms with Gasteiger partial charge >= 0.3 is 0 Å². The van der Waals surface area contributed by atoms with Crippen LogP contribution < -0.4 is 14.2 Å². The molecule has 0 unspecified atom stereocenters. The van der Waals surface area contributed by atoms with Crippen LogP contribution in [0.5, 0.6) is 17.2 Å². The largest absolute Gasteiger partial charge is 0.497 e. The van der Waals surface area contributed by atoms with E-state index in [1.54, 1.807) is 7.11 Å². The fourth-order valence-electron chi connectivity index (χ4n) is 1.25. The van der Waals surface area contributed by atoms with Gasteiger partial charge in [-0.25, -0.2) is 0 Å². The molecule has 0 spiro atoms. The fraction of sp³-hybridized carbons (Fsp3) is 0.273. The third-order valence-electron chi connectivity index (χ3n) is 2.01. The molecule has 0 bridgehead atoms. The minimum absolute atomic E-state index is 0.500. The van der Waals surface area contributed by atoms with Crippen molar-refractivity contribution in [3.8, 4) is 17.2 Å². The van der Waals surface area contributed by atoms with Gasteiger partial charge in [-0.15, -0.1) is 0 Å². The summed E-state index contributed by atoms with van der Waals surface area (Å²) in [6, 6.07) is 5.50. The monoisotopic (exact) mass is 192 g/mol. The lowest BCUT2D eigenvalue weighted by atomic mass is 10.3. The zero-order valence-corrected chi connectivity index (χ0v) is 8.08. The van der Waals surface area contributed by atoms with E-state index in [2.05, 4.69) is 6.58 Å². The predicted octanol–water partition coefficient (Wildman–Crippen LogP) is 2.02. The molecule has 0 aromatic heterocycles. The highest BCUT2D eigenvalue weighted by Gasteiger charge is 2.12. The van der Waals surface area contributed by atoms with Gasteiger partial charge in [-0.05, 0) is 17.7 Å². The Morgan fingerprint density at radius 2 is 1.93 bits per heavy atom. The Morgan fingerprint density at radius 3 is 2.64 bits per heavy atom.